The van der Waals surface area contributed by atoms with Gasteiger partial charge in [-0.15, -0.1) is 0 Å². The molecular formula is C13H16O2. The zero-order valence-corrected chi connectivity index (χ0v) is 8.78. The Bertz CT molecular complexity index is 352. The van der Waals surface area contributed by atoms with Gasteiger partial charge in [0.25, 0.3) is 0 Å². The number of phenols is 1. The Hall–Kier alpha value is -1.28. The minimum Gasteiger partial charge on any atom is -0.507 e. The molecule has 15 heavy (non-hydrogen) atoms. The van der Waals surface area contributed by atoms with E-state index in [4.69, 9.17) is 4.74 Å². The lowest BCUT2D eigenvalue weighted by molar-refractivity contribution is 0.0148. The van der Waals surface area contributed by atoms with Gasteiger partial charge in [0.05, 0.1) is 6.10 Å². The number of ether oxygens (including phenoxy) is 1. The number of hydrogen-bond donors (Lipinski definition) is 1. The van der Waals surface area contributed by atoms with E-state index in [0.717, 1.165) is 30.6 Å². The third kappa shape index (κ3) is 2.21. The molecule has 1 aromatic rings. The Balaban J connectivity index is 2.21. The van der Waals surface area contributed by atoms with Crippen LogP contribution in [0, 0.1) is 0 Å². The van der Waals surface area contributed by atoms with Crippen LogP contribution in [-0.2, 0) is 4.74 Å². The normalized spacial score (nSPS) is 21.2. The maximum Gasteiger partial charge on any atom is 0.123 e. The summed E-state index contributed by atoms with van der Waals surface area (Å²) in [6.07, 6.45) is 5.21. The molecule has 2 nitrogen and oxygen atoms in total. The molecule has 2 rings (SSSR count). The molecule has 0 saturated carbocycles. The van der Waals surface area contributed by atoms with Gasteiger partial charge in [-0.2, -0.15) is 0 Å². The Morgan fingerprint density at radius 2 is 2.27 bits per heavy atom. The minimum atomic E-state index is 0.156. The summed E-state index contributed by atoms with van der Waals surface area (Å²) in [5.74, 6) is 0.289. The maximum atomic E-state index is 9.70. The first kappa shape index (κ1) is 10.2. The van der Waals surface area contributed by atoms with Crippen molar-refractivity contribution >= 4 is 6.08 Å². The van der Waals surface area contributed by atoms with Crippen molar-refractivity contribution in [2.45, 2.75) is 25.4 Å². The lowest BCUT2D eigenvalue weighted by Gasteiger charge is -2.23. The highest BCUT2D eigenvalue weighted by atomic mass is 16.5. The zero-order chi connectivity index (χ0) is 10.7. The maximum absolute atomic E-state index is 9.70. The highest BCUT2D eigenvalue weighted by molar-refractivity contribution is 5.56. The summed E-state index contributed by atoms with van der Waals surface area (Å²) >= 11 is 0. The van der Waals surface area contributed by atoms with Gasteiger partial charge in [0, 0.05) is 12.2 Å². The van der Waals surface area contributed by atoms with Crippen LogP contribution in [0.3, 0.4) is 0 Å². The lowest BCUT2D eigenvalue weighted by Crippen LogP contribution is -2.11. The number of phenolic OH excluding ortho intramolecular Hbond substituents is 1. The Labute approximate surface area is 90.2 Å². The summed E-state index contributed by atoms with van der Waals surface area (Å²) in [5, 5.41) is 9.70. The van der Waals surface area contributed by atoms with E-state index in [2.05, 4.69) is 6.58 Å². The predicted molar refractivity (Wildman–Crippen MR) is 60.7 cm³/mol. The fourth-order valence-electron chi connectivity index (χ4n) is 1.94. The first-order valence-corrected chi connectivity index (χ1v) is 5.38. The van der Waals surface area contributed by atoms with Crippen LogP contribution >= 0.6 is 0 Å². The molecule has 80 valence electrons. The minimum absolute atomic E-state index is 0.156. The lowest BCUT2D eigenvalue weighted by atomic mass is 10.00. The molecule has 0 spiro atoms. The third-order valence-electron chi connectivity index (χ3n) is 2.83. The van der Waals surface area contributed by atoms with Crippen molar-refractivity contribution < 1.29 is 9.84 Å². The van der Waals surface area contributed by atoms with Gasteiger partial charge in [-0.25, -0.2) is 0 Å². The van der Waals surface area contributed by atoms with Crippen LogP contribution in [0.5, 0.6) is 5.75 Å². The van der Waals surface area contributed by atoms with E-state index in [1.165, 1.54) is 6.42 Å². The van der Waals surface area contributed by atoms with Gasteiger partial charge < -0.3 is 9.84 Å². The second-order valence-electron chi connectivity index (χ2n) is 3.88. The molecule has 1 aliphatic heterocycles. The van der Waals surface area contributed by atoms with Gasteiger partial charge >= 0.3 is 0 Å². The molecule has 0 amide bonds. The molecule has 1 atom stereocenters. The summed E-state index contributed by atoms with van der Waals surface area (Å²) < 4.78 is 5.66. The van der Waals surface area contributed by atoms with E-state index >= 15 is 0 Å². The van der Waals surface area contributed by atoms with E-state index in [1.807, 2.05) is 12.1 Å². The molecular weight excluding hydrogens is 188 g/mol. The van der Waals surface area contributed by atoms with Crippen LogP contribution in [0.25, 0.3) is 6.08 Å². The molecule has 1 aromatic carbocycles. The molecule has 1 heterocycles. The SMILES string of the molecule is C=Cc1ccc(C2CCCCO2)cc1O. The topological polar surface area (TPSA) is 29.5 Å². The van der Waals surface area contributed by atoms with E-state index in [1.54, 1.807) is 12.1 Å². The summed E-state index contributed by atoms with van der Waals surface area (Å²) in [4.78, 5) is 0. The Kier molecular flexibility index (Phi) is 3.07. The van der Waals surface area contributed by atoms with Gasteiger partial charge in [0.1, 0.15) is 5.75 Å². The van der Waals surface area contributed by atoms with E-state index in [-0.39, 0.29) is 11.9 Å². The average Bonchev–Trinajstić information content (AvgIpc) is 2.30. The van der Waals surface area contributed by atoms with E-state index in [9.17, 15) is 5.11 Å². The number of rotatable bonds is 2. The Morgan fingerprint density at radius 3 is 2.87 bits per heavy atom. The van der Waals surface area contributed by atoms with Crippen LogP contribution in [0.2, 0.25) is 0 Å². The molecule has 0 aromatic heterocycles. The van der Waals surface area contributed by atoms with Crippen molar-refractivity contribution in [1.82, 2.24) is 0 Å². The summed E-state index contributed by atoms with van der Waals surface area (Å²) in [6, 6.07) is 5.68. The molecule has 1 saturated heterocycles. The van der Waals surface area contributed by atoms with Gasteiger partial charge in [0.15, 0.2) is 0 Å². The predicted octanol–water partition coefficient (Wildman–Crippen LogP) is 3.28. The van der Waals surface area contributed by atoms with Crippen molar-refractivity contribution in [2.24, 2.45) is 0 Å². The van der Waals surface area contributed by atoms with Crippen molar-refractivity contribution in [2.75, 3.05) is 6.61 Å². The first-order chi connectivity index (χ1) is 7.31. The quantitative estimate of drug-likeness (QED) is 0.801. The second kappa shape index (κ2) is 4.49. The Morgan fingerprint density at radius 1 is 1.40 bits per heavy atom. The molecule has 0 bridgehead atoms. The van der Waals surface area contributed by atoms with Gasteiger partial charge in [-0.3, -0.25) is 0 Å². The van der Waals surface area contributed by atoms with Crippen molar-refractivity contribution in [3.8, 4) is 5.75 Å². The van der Waals surface area contributed by atoms with Crippen LogP contribution in [0.1, 0.15) is 36.5 Å². The summed E-state index contributed by atoms with van der Waals surface area (Å²) in [7, 11) is 0. The van der Waals surface area contributed by atoms with Crippen molar-refractivity contribution in [3.05, 3.63) is 35.9 Å². The van der Waals surface area contributed by atoms with E-state index < -0.39 is 0 Å². The van der Waals surface area contributed by atoms with Gasteiger partial charge in [-0.05, 0) is 30.9 Å². The third-order valence-corrected chi connectivity index (χ3v) is 2.83. The molecule has 1 N–H and O–H groups in total. The fourth-order valence-corrected chi connectivity index (χ4v) is 1.94. The molecule has 2 heteroatoms. The number of hydrogen-bond acceptors (Lipinski definition) is 2. The fraction of sp³-hybridized carbons (Fsp3) is 0.385. The summed E-state index contributed by atoms with van der Waals surface area (Å²) in [5.41, 5.74) is 1.84. The summed E-state index contributed by atoms with van der Waals surface area (Å²) in [6.45, 7) is 4.47. The smallest absolute Gasteiger partial charge is 0.123 e. The van der Waals surface area contributed by atoms with Crippen LogP contribution in [0.15, 0.2) is 24.8 Å². The van der Waals surface area contributed by atoms with Crippen LogP contribution in [0.4, 0.5) is 0 Å². The number of benzene rings is 1. The molecule has 1 aliphatic rings. The van der Waals surface area contributed by atoms with Crippen molar-refractivity contribution in [3.63, 3.8) is 0 Å². The van der Waals surface area contributed by atoms with Crippen molar-refractivity contribution in [1.29, 1.82) is 0 Å². The highest BCUT2D eigenvalue weighted by Gasteiger charge is 2.16. The largest absolute Gasteiger partial charge is 0.507 e. The van der Waals surface area contributed by atoms with Crippen LogP contribution in [-0.4, -0.2) is 11.7 Å². The van der Waals surface area contributed by atoms with Gasteiger partial charge in [0.2, 0.25) is 0 Å². The first-order valence-electron chi connectivity index (χ1n) is 5.38. The average molecular weight is 204 g/mol. The zero-order valence-electron chi connectivity index (χ0n) is 8.78. The molecule has 0 aliphatic carbocycles. The van der Waals surface area contributed by atoms with E-state index in [0.29, 0.717) is 0 Å². The van der Waals surface area contributed by atoms with Crippen LogP contribution < -0.4 is 0 Å². The molecule has 1 unspecified atom stereocenters. The standard InChI is InChI=1S/C13H16O2/c1-2-10-6-7-11(9-12(10)14)13-5-3-4-8-15-13/h2,6-7,9,13-14H,1,3-5,8H2. The molecule has 0 radical (unpaired) electrons. The second-order valence-corrected chi connectivity index (χ2v) is 3.88. The highest BCUT2D eigenvalue weighted by Crippen LogP contribution is 2.31. The van der Waals surface area contributed by atoms with Gasteiger partial charge in [-0.1, -0.05) is 24.8 Å². The number of aromatic hydroxyl groups is 1. The molecule has 1 fully saturated rings. The monoisotopic (exact) mass is 204 g/mol.